The van der Waals surface area contributed by atoms with Crippen LogP contribution in [-0.2, 0) is 36.9 Å². The number of ether oxygens (including phenoxy) is 8. The summed E-state index contributed by atoms with van der Waals surface area (Å²) in [6.45, 7) is 4.51. The van der Waals surface area contributed by atoms with Crippen molar-refractivity contribution in [1.29, 1.82) is 0 Å². The van der Waals surface area contributed by atoms with Gasteiger partial charge in [0.05, 0.1) is 79.3 Å². The maximum Gasteiger partial charge on any atom is 0.127 e. The van der Waals surface area contributed by atoms with E-state index < -0.39 is 6.10 Å². The van der Waals surface area contributed by atoms with E-state index in [-0.39, 0.29) is 31.3 Å². The van der Waals surface area contributed by atoms with E-state index >= 15 is 0 Å². The summed E-state index contributed by atoms with van der Waals surface area (Å²) in [6, 6.07) is 28.4. The fraction of sp³-hybridized carbons (Fsp3) is 0.450. The van der Waals surface area contributed by atoms with Crippen LogP contribution in [0.5, 0.6) is 17.2 Å². The lowest BCUT2D eigenvalue weighted by molar-refractivity contribution is -0.0896. The predicted octanol–water partition coefficient (Wildman–Crippen LogP) is 5.52. The van der Waals surface area contributed by atoms with E-state index in [0.29, 0.717) is 52.7 Å². The third-order valence-corrected chi connectivity index (χ3v) is 8.72. The summed E-state index contributed by atoms with van der Waals surface area (Å²) in [6.07, 6.45) is -0.420. The summed E-state index contributed by atoms with van der Waals surface area (Å²) in [4.78, 5) is 0. The minimum absolute atomic E-state index is 0.0855. The van der Waals surface area contributed by atoms with Gasteiger partial charge in [0.1, 0.15) is 23.4 Å². The van der Waals surface area contributed by atoms with Crippen LogP contribution < -0.4 is 19.5 Å². The second-order valence-corrected chi connectivity index (χ2v) is 12.3. The van der Waals surface area contributed by atoms with Gasteiger partial charge in [0.2, 0.25) is 0 Å². The van der Waals surface area contributed by atoms with Crippen molar-refractivity contribution in [3.63, 3.8) is 0 Å². The summed E-state index contributed by atoms with van der Waals surface area (Å²) in [7, 11) is 4.98. The fourth-order valence-electron chi connectivity index (χ4n) is 6.19. The molecule has 0 aliphatic carbocycles. The van der Waals surface area contributed by atoms with E-state index in [1.807, 2.05) is 54.6 Å². The maximum atomic E-state index is 10.6. The minimum atomic E-state index is -0.756. The highest BCUT2D eigenvalue weighted by atomic mass is 16.5. The largest absolute Gasteiger partial charge is 0.496 e. The Hall–Kier alpha value is -3.74. The number of aliphatic hydroxyl groups is 1. The van der Waals surface area contributed by atoms with Gasteiger partial charge in [0.15, 0.2) is 0 Å². The molecular weight excluding hydrogens is 638 g/mol. The van der Waals surface area contributed by atoms with Crippen molar-refractivity contribution in [3.05, 3.63) is 102 Å². The van der Waals surface area contributed by atoms with E-state index in [1.165, 1.54) is 0 Å². The van der Waals surface area contributed by atoms with E-state index in [0.717, 1.165) is 51.1 Å². The Labute approximate surface area is 295 Å². The Kier molecular flexibility index (Phi) is 15.2. The molecule has 0 aromatic heterocycles. The Morgan fingerprint density at radius 1 is 0.720 bits per heavy atom. The monoisotopic (exact) mass is 689 g/mol. The summed E-state index contributed by atoms with van der Waals surface area (Å²) < 4.78 is 46.5. The molecule has 1 unspecified atom stereocenters. The minimum Gasteiger partial charge on any atom is -0.496 e. The quantitative estimate of drug-likeness (QED) is 0.109. The summed E-state index contributed by atoms with van der Waals surface area (Å²) in [5, 5.41) is 16.2. The Balaban J connectivity index is 1.20. The number of nitrogens with one attached hydrogen (secondary N) is 1. The van der Waals surface area contributed by atoms with Gasteiger partial charge in [-0.25, -0.2) is 0 Å². The Morgan fingerprint density at radius 2 is 1.48 bits per heavy atom. The molecule has 5 rings (SSSR count). The molecule has 1 fully saturated rings. The lowest BCUT2D eigenvalue weighted by Crippen LogP contribution is -2.51. The molecule has 0 bridgehead atoms. The number of para-hydroxylation sites is 1. The van der Waals surface area contributed by atoms with Crippen LogP contribution in [0.2, 0.25) is 0 Å². The number of hydrogen-bond donors (Lipinski definition) is 2. The van der Waals surface area contributed by atoms with Crippen molar-refractivity contribution in [2.24, 2.45) is 0 Å². The molecule has 4 aromatic carbocycles. The van der Waals surface area contributed by atoms with Gasteiger partial charge in [0.25, 0.3) is 0 Å². The number of aliphatic hydroxyl groups excluding tert-OH is 1. The molecule has 50 heavy (non-hydrogen) atoms. The Bertz CT molecular complexity index is 1570. The third-order valence-electron chi connectivity index (χ3n) is 8.72. The standard InChI is InChI=1S/C40H51NO9/c1-43-19-20-47-27-33(42)28-50-39-24-41-23-38(49-25-29-21-31-9-4-6-11-35(31)37(22-29)45-3)40(39)30-13-15-34(16-14-30)48-18-8-17-46-26-32-10-5-7-12-36(32)44-2/h4-7,9-16,21-22,33,38-42H,8,17-20,23-28H2,1-3H3/t33-,38?,39-,40-/m1/s1. The van der Waals surface area contributed by atoms with Crippen molar-refractivity contribution in [1.82, 2.24) is 5.32 Å². The molecule has 0 saturated carbocycles. The van der Waals surface area contributed by atoms with Gasteiger partial charge in [0, 0.05) is 43.5 Å². The van der Waals surface area contributed by atoms with Crippen LogP contribution in [0.15, 0.2) is 84.9 Å². The molecule has 1 aliphatic rings. The first-order valence-electron chi connectivity index (χ1n) is 17.3. The van der Waals surface area contributed by atoms with Crippen LogP contribution >= 0.6 is 0 Å². The molecular formula is C40H51NO9. The van der Waals surface area contributed by atoms with Crippen molar-refractivity contribution < 1.29 is 43.0 Å². The first-order chi connectivity index (χ1) is 24.6. The maximum absolute atomic E-state index is 10.6. The smallest absolute Gasteiger partial charge is 0.127 e. The third kappa shape index (κ3) is 10.9. The van der Waals surface area contributed by atoms with Crippen molar-refractivity contribution >= 4 is 10.8 Å². The average molecular weight is 690 g/mol. The van der Waals surface area contributed by atoms with E-state index in [2.05, 4.69) is 35.6 Å². The average Bonchev–Trinajstić information content (AvgIpc) is 3.16. The van der Waals surface area contributed by atoms with Crippen molar-refractivity contribution in [2.75, 3.05) is 74.1 Å². The number of fused-ring (bicyclic) bond motifs is 1. The molecule has 1 aliphatic heterocycles. The molecule has 2 N–H and O–H groups in total. The van der Waals surface area contributed by atoms with E-state index in [9.17, 15) is 5.11 Å². The second kappa shape index (κ2) is 20.2. The fourth-order valence-corrected chi connectivity index (χ4v) is 6.19. The first kappa shape index (κ1) is 37.5. The molecule has 270 valence electrons. The SMILES string of the molecule is COCCOC[C@@H](O)CO[C@@H]1CNCC(OCc2cc(OC)c3ccccc3c2)[C@H]1c1ccc(OCCCOCc2ccccc2OC)cc1. The number of benzene rings is 4. The van der Waals surface area contributed by atoms with Crippen LogP contribution in [0.4, 0.5) is 0 Å². The van der Waals surface area contributed by atoms with Crippen molar-refractivity contribution in [3.8, 4) is 17.2 Å². The Morgan fingerprint density at radius 3 is 2.28 bits per heavy atom. The van der Waals surface area contributed by atoms with Gasteiger partial charge in [-0.05, 0) is 46.8 Å². The van der Waals surface area contributed by atoms with Gasteiger partial charge in [-0.15, -0.1) is 0 Å². The lowest BCUT2D eigenvalue weighted by Gasteiger charge is -2.39. The molecule has 10 heteroatoms. The van der Waals surface area contributed by atoms with Gasteiger partial charge in [-0.3, -0.25) is 0 Å². The normalized spacial score (nSPS) is 18.2. The van der Waals surface area contributed by atoms with Crippen LogP contribution in [-0.4, -0.2) is 97.5 Å². The number of hydrogen-bond acceptors (Lipinski definition) is 10. The van der Waals surface area contributed by atoms with Crippen molar-refractivity contribution in [2.45, 2.75) is 43.9 Å². The summed E-state index contributed by atoms with van der Waals surface area (Å²) in [5.41, 5.74) is 3.13. The highest BCUT2D eigenvalue weighted by molar-refractivity contribution is 5.89. The summed E-state index contributed by atoms with van der Waals surface area (Å²) in [5.74, 6) is 2.35. The first-order valence-corrected chi connectivity index (χ1v) is 17.3. The lowest BCUT2D eigenvalue weighted by atomic mass is 9.85. The highest BCUT2D eigenvalue weighted by Gasteiger charge is 2.36. The van der Waals surface area contributed by atoms with E-state index in [1.54, 1.807) is 21.3 Å². The molecule has 1 heterocycles. The zero-order chi connectivity index (χ0) is 35.0. The van der Waals surface area contributed by atoms with Crippen LogP contribution in [0, 0.1) is 0 Å². The zero-order valence-electron chi connectivity index (χ0n) is 29.4. The number of methoxy groups -OCH3 is 3. The van der Waals surface area contributed by atoms with Gasteiger partial charge in [-0.1, -0.05) is 54.6 Å². The topological polar surface area (TPSA) is 106 Å². The number of rotatable bonds is 21. The molecule has 0 spiro atoms. The molecule has 10 nitrogen and oxygen atoms in total. The van der Waals surface area contributed by atoms with Crippen LogP contribution in [0.1, 0.15) is 29.0 Å². The number of piperidine rings is 1. The summed E-state index contributed by atoms with van der Waals surface area (Å²) >= 11 is 0. The van der Waals surface area contributed by atoms with Gasteiger partial charge < -0.3 is 48.3 Å². The highest BCUT2D eigenvalue weighted by Crippen LogP contribution is 2.33. The molecule has 1 saturated heterocycles. The zero-order valence-corrected chi connectivity index (χ0v) is 29.4. The molecule has 0 amide bonds. The predicted molar refractivity (Wildman–Crippen MR) is 192 cm³/mol. The van der Waals surface area contributed by atoms with Crippen LogP contribution in [0.3, 0.4) is 0 Å². The molecule has 4 atom stereocenters. The molecule has 0 radical (unpaired) electrons. The van der Waals surface area contributed by atoms with Crippen LogP contribution in [0.25, 0.3) is 10.8 Å². The van der Waals surface area contributed by atoms with E-state index in [4.69, 9.17) is 37.9 Å². The van der Waals surface area contributed by atoms with Gasteiger partial charge >= 0.3 is 0 Å². The second-order valence-electron chi connectivity index (χ2n) is 12.3. The van der Waals surface area contributed by atoms with Gasteiger partial charge in [-0.2, -0.15) is 0 Å². The molecule has 4 aromatic rings.